The van der Waals surface area contributed by atoms with Crippen LogP contribution in [0.15, 0.2) is 18.5 Å². The van der Waals surface area contributed by atoms with E-state index in [0.29, 0.717) is 12.0 Å². The minimum Gasteiger partial charge on any atom is -0.396 e. The minimum atomic E-state index is 0.257. The topological polar surface area (TPSA) is 37.2 Å². The third kappa shape index (κ3) is 4.92. The number of hydrogen-bond donors (Lipinski definition) is 2. The number of hydrogen-bond acceptors (Lipinski definition) is 2. The molecule has 1 aromatic heterocycles. The van der Waals surface area contributed by atoms with Gasteiger partial charge in [0.1, 0.15) is 0 Å². The zero-order valence-corrected chi connectivity index (χ0v) is 11.3. The SMILES string of the molecule is CCCn1ccc(CNC(CCO)C(C)C)c1. The molecule has 0 saturated carbocycles. The van der Waals surface area contributed by atoms with Gasteiger partial charge >= 0.3 is 0 Å². The molecular formula is C14H26N2O. The molecule has 1 heterocycles. The van der Waals surface area contributed by atoms with Crippen molar-refractivity contribution in [2.75, 3.05) is 6.61 Å². The zero-order chi connectivity index (χ0) is 12.7. The lowest BCUT2D eigenvalue weighted by molar-refractivity contribution is 0.244. The van der Waals surface area contributed by atoms with E-state index < -0.39 is 0 Å². The predicted octanol–water partition coefficient (Wildman–Crippen LogP) is 2.39. The Morgan fingerprint density at radius 2 is 2.18 bits per heavy atom. The monoisotopic (exact) mass is 238 g/mol. The van der Waals surface area contributed by atoms with Crippen molar-refractivity contribution in [3.8, 4) is 0 Å². The van der Waals surface area contributed by atoms with Crippen LogP contribution in [0.2, 0.25) is 0 Å². The first-order valence-corrected chi connectivity index (χ1v) is 6.66. The van der Waals surface area contributed by atoms with Gasteiger partial charge < -0.3 is 15.0 Å². The predicted molar refractivity (Wildman–Crippen MR) is 71.9 cm³/mol. The molecule has 0 bridgehead atoms. The Labute approximate surface area is 105 Å². The number of nitrogens with zero attached hydrogens (tertiary/aromatic N) is 1. The molecular weight excluding hydrogens is 212 g/mol. The number of aliphatic hydroxyl groups excluding tert-OH is 1. The highest BCUT2D eigenvalue weighted by molar-refractivity contribution is 5.10. The summed E-state index contributed by atoms with van der Waals surface area (Å²) in [4.78, 5) is 0. The first-order valence-electron chi connectivity index (χ1n) is 6.66. The van der Waals surface area contributed by atoms with E-state index >= 15 is 0 Å². The molecule has 0 aromatic carbocycles. The van der Waals surface area contributed by atoms with Gasteiger partial charge in [-0.25, -0.2) is 0 Å². The van der Waals surface area contributed by atoms with Crippen LogP contribution in [0.25, 0.3) is 0 Å². The lowest BCUT2D eigenvalue weighted by atomic mass is 10.0. The Morgan fingerprint density at radius 3 is 2.76 bits per heavy atom. The van der Waals surface area contributed by atoms with Crippen molar-refractivity contribution in [2.24, 2.45) is 5.92 Å². The molecule has 1 rings (SSSR count). The van der Waals surface area contributed by atoms with Gasteiger partial charge in [-0.3, -0.25) is 0 Å². The lowest BCUT2D eigenvalue weighted by Crippen LogP contribution is -2.34. The summed E-state index contributed by atoms with van der Waals surface area (Å²) in [7, 11) is 0. The highest BCUT2D eigenvalue weighted by atomic mass is 16.3. The summed E-state index contributed by atoms with van der Waals surface area (Å²) in [5.74, 6) is 0.555. The molecule has 0 saturated heterocycles. The van der Waals surface area contributed by atoms with Crippen molar-refractivity contribution in [3.63, 3.8) is 0 Å². The maximum atomic E-state index is 9.01. The van der Waals surface area contributed by atoms with E-state index in [1.807, 2.05) is 0 Å². The maximum absolute atomic E-state index is 9.01. The van der Waals surface area contributed by atoms with Crippen LogP contribution >= 0.6 is 0 Å². The number of aromatic nitrogens is 1. The summed E-state index contributed by atoms with van der Waals surface area (Å²) in [6.45, 7) is 8.80. The van der Waals surface area contributed by atoms with Crippen molar-refractivity contribution >= 4 is 0 Å². The molecule has 1 unspecified atom stereocenters. The average Bonchev–Trinajstić information content (AvgIpc) is 2.72. The Balaban J connectivity index is 2.41. The summed E-state index contributed by atoms with van der Waals surface area (Å²) < 4.78 is 2.23. The summed E-state index contributed by atoms with van der Waals surface area (Å²) >= 11 is 0. The van der Waals surface area contributed by atoms with E-state index in [4.69, 9.17) is 5.11 Å². The molecule has 0 radical (unpaired) electrons. The van der Waals surface area contributed by atoms with Gasteiger partial charge in [0.15, 0.2) is 0 Å². The number of aliphatic hydroxyl groups is 1. The molecule has 17 heavy (non-hydrogen) atoms. The Hall–Kier alpha value is -0.800. The van der Waals surface area contributed by atoms with Gasteiger partial charge in [-0.2, -0.15) is 0 Å². The van der Waals surface area contributed by atoms with Gasteiger partial charge in [-0.1, -0.05) is 20.8 Å². The van der Waals surface area contributed by atoms with Crippen molar-refractivity contribution in [1.29, 1.82) is 0 Å². The van der Waals surface area contributed by atoms with Crippen molar-refractivity contribution in [3.05, 3.63) is 24.0 Å². The summed E-state index contributed by atoms with van der Waals surface area (Å²) in [5, 5.41) is 12.5. The molecule has 1 aromatic rings. The van der Waals surface area contributed by atoms with Crippen LogP contribution in [0.1, 0.15) is 39.2 Å². The van der Waals surface area contributed by atoms with E-state index in [9.17, 15) is 0 Å². The molecule has 0 amide bonds. The molecule has 0 aliphatic rings. The highest BCUT2D eigenvalue weighted by Crippen LogP contribution is 2.08. The molecule has 0 spiro atoms. The van der Waals surface area contributed by atoms with E-state index in [1.54, 1.807) is 0 Å². The summed E-state index contributed by atoms with van der Waals surface area (Å²) in [5.41, 5.74) is 1.32. The number of rotatable bonds is 8. The van der Waals surface area contributed by atoms with E-state index in [1.165, 1.54) is 12.0 Å². The van der Waals surface area contributed by atoms with Gasteiger partial charge in [0, 0.05) is 38.1 Å². The average molecular weight is 238 g/mol. The van der Waals surface area contributed by atoms with Gasteiger partial charge in [0.2, 0.25) is 0 Å². The third-order valence-electron chi connectivity index (χ3n) is 3.11. The van der Waals surface area contributed by atoms with Crippen LogP contribution in [0.5, 0.6) is 0 Å². The van der Waals surface area contributed by atoms with Crippen LogP contribution in [0.4, 0.5) is 0 Å². The van der Waals surface area contributed by atoms with E-state index in [-0.39, 0.29) is 6.61 Å². The minimum absolute atomic E-state index is 0.257. The highest BCUT2D eigenvalue weighted by Gasteiger charge is 2.11. The van der Waals surface area contributed by atoms with E-state index in [2.05, 4.69) is 49.1 Å². The molecule has 3 nitrogen and oxygen atoms in total. The van der Waals surface area contributed by atoms with Gasteiger partial charge in [0.05, 0.1) is 0 Å². The largest absolute Gasteiger partial charge is 0.396 e. The quantitative estimate of drug-likeness (QED) is 0.729. The van der Waals surface area contributed by atoms with Gasteiger partial charge in [-0.05, 0) is 30.4 Å². The Bertz CT molecular complexity index is 307. The first kappa shape index (κ1) is 14.3. The van der Waals surface area contributed by atoms with Crippen LogP contribution < -0.4 is 5.32 Å². The normalized spacial score (nSPS) is 13.2. The fourth-order valence-electron chi connectivity index (χ4n) is 2.05. The second kappa shape index (κ2) is 7.51. The molecule has 0 aliphatic heterocycles. The van der Waals surface area contributed by atoms with Crippen LogP contribution in [0.3, 0.4) is 0 Å². The van der Waals surface area contributed by atoms with Crippen LogP contribution in [-0.4, -0.2) is 22.3 Å². The number of aryl methyl sites for hydroxylation is 1. The van der Waals surface area contributed by atoms with Crippen molar-refractivity contribution in [2.45, 2.75) is 52.7 Å². The summed E-state index contributed by atoms with van der Waals surface area (Å²) in [6, 6.07) is 2.56. The number of nitrogens with one attached hydrogen (secondary N) is 1. The smallest absolute Gasteiger partial charge is 0.0445 e. The maximum Gasteiger partial charge on any atom is 0.0445 e. The second-order valence-corrected chi connectivity index (χ2v) is 5.00. The van der Waals surface area contributed by atoms with Crippen molar-refractivity contribution in [1.82, 2.24) is 9.88 Å². The molecule has 0 fully saturated rings. The van der Waals surface area contributed by atoms with E-state index in [0.717, 1.165) is 19.5 Å². The van der Waals surface area contributed by atoms with Crippen LogP contribution in [-0.2, 0) is 13.1 Å². The lowest BCUT2D eigenvalue weighted by Gasteiger charge is -2.21. The van der Waals surface area contributed by atoms with Crippen molar-refractivity contribution < 1.29 is 5.11 Å². The van der Waals surface area contributed by atoms with Crippen LogP contribution in [0, 0.1) is 5.92 Å². The molecule has 3 heteroatoms. The molecule has 2 N–H and O–H groups in total. The fraction of sp³-hybridized carbons (Fsp3) is 0.714. The molecule has 98 valence electrons. The Kier molecular flexibility index (Phi) is 6.30. The standard InChI is InChI=1S/C14H26N2O/c1-4-7-16-8-5-13(11-16)10-15-14(6-9-17)12(2)3/h5,8,11-12,14-15,17H,4,6-7,9-10H2,1-3H3. The zero-order valence-electron chi connectivity index (χ0n) is 11.3. The Morgan fingerprint density at radius 1 is 1.41 bits per heavy atom. The second-order valence-electron chi connectivity index (χ2n) is 5.00. The first-order chi connectivity index (χ1) is 8.17. The van der Waals surface area contributed by atoms with Gasteiger partial charge in [0.25, 0.3) is 0 Å². The fourth-order valence-corrected chi connectivity index (χ4v) is 2.05. The molecule has 0 aliphatic carbocycles. The van der Waals surface area contributed by atoms with Gasteiger partial charge in [-0.15, -0.1) is 0 Å². The third-order valence-corrected chi connectivity index (χ3v) is 3.11. The summed E-state index contributed by atoms with van der Waals surface area (Å²) in [6.07, 6.45) is 6.33. The molecule has 1 atom stereocenters.